The molecule has 1 aromatic carbocycles. The van der Waals surface area contributed by atoms with Gasteiger partial charge in [-0.3, -0.25) is 9.48 Å². The average molecular weight is 284 g/mol. The molecule has 21 heavy (non-hydrogen) atoms. The summed E-state index contributed by atoms with van der Waals surface area (Å²) in [6.07, 6.45) is 4.13. The third-order valence-corrected chi connectivity index (χ3v) is 4.18. The molecule has 0 aliphatic carbocycles. The van der Waals surface area contributed by atoms with E-state index < -0.39 is 0 Å². The molecule has 0 saturated carbocycles. The van der Waals surface area contributed by atoms with E-state index in [4.69, 9.17) is 0 Å². The minimum Gasteiger partial charge on any atom is -0.335 e. The van der Waals surface area contributed by atoms with Gasteiger partial charge in [0.15, 0.2) is 0 Å². The van der Waals surface area contributed by atoms with Gasteiger partial charge in [0.05, 0.1) is 24.4 Å². The molecule has 0 bridgehead atoms. The lowest BCUT2D eigenvalue weighted by molar-refractivity contribution is -0.131. The van der Waals surface area contributed by atoms with Crippen molar-refractivity contribution >= 4 is 5.91 Å². The van der Waals surface area contributed by atoms with Crippen LogP contribution >= 0.6 is 0 Å². The molecule has 1 aromatic heterocycles. The summed E-state index contributed by atoms with van der Waals surface area (Å²) in [7, 11) is 1.82. The molecular formula is C16H20N4O. The van der Waals surface area contributed by atoms with Crippen LogP contribution in [0.1, 0.15) is 35.7 Å². The number of rotatable bonds is 3. The molecule has 1 fully saturated rings. The zero-order chi connectivity index (χ0) is 14.8. The van der Waals surface area contributed by atoms with Gasteiger partial charge in [0.1, 0.15) is 0 Å². The summed E-state index contributed by atoms with van der Waals surface area (Å²) in [6.45, 7) is 2.92. The maximum absolute atomic E-state index is 12.6. The van der Waals surface area contributed by atoms with Crippen molar-refractivity contribution < 1.29 is 4.79 Å². The van der Waals surface area contributed by atoms with Crippen LogP contribution in [0.3, 0.4) is 0 Å². The van der Waals surface area contributed by atoms with Crippen molar-refractivity contribution in [2.45, 2.75) is 32.2 Å². The van der Waals surface area contributed by atoms with Gasteiger partial charge in [0.25, 0.3) is 0 Å². The molecule has 1 aliphatic heterocycles. The lowest BCUT2D eigenvalue weighted by Crippen LogP contribution is -2.32. The highest BCUT2D eigenvalue weighted by Gasteiger charge is 2.30. The lowest BCUT2D eigenvalue weighted by Gasteiger charge is -2.25. The first-order chi connectivity index (χ1) is 10.1. The van der Waals surface area contributed by atoms with Crippen molar-refractivity contribution in [3.05, 3.63) is 47.3 Å². The predicted octanol–water partition coefficient (Wildman–Crippen LogP) is 2.03. The van der Waals surface area contributed by atoms with Gasteiger partial charge in [-0.2, -0.15) is 0 Å². The largest absolute Gasteiger partial charge is 0.335 e. The van der Waals surface area contributed by atoms with Crippen LogP contribution < -0.4 is 0 Å². The summed E-state index contributed by atoms with van der Waals surface area (Å²) in [5.74, 6) is 0.156. The highest BCUT2D eigenvalue weighted by atomic mass is 16.2. The second-order valence-corrected chi connectivity index (χ2v) is 5.68. The Morgan fingerprint density at radius 2 is 2.10 bits per heavy atom. The van der Waals surface area contributed by atoms with Gasteiger partial charge < -0.3 is 4.90 Å². The minimum absolute atomic E-state index is 0.156. The minimum atomic E-state index is 0.156. The molecule has 3 rings (SSSR count). The fourth-order valence-electron chi connectivity index (χ4n) is 2.93. The van der Waals surface area contributed by atoms with E-state index in [1.807, 2.05) is 11.9 Å². The molecular weight excluding hydrogens is 264 g/mol. The second kappa shape index (κ2) is 5.68. The van der Waals surface area contributed by atoms with E-state index in [0.717, 1.165) is 25.1 Å². The number of nitrogens with zero attached hydrogens (tertiary/aromatic N) is 4. The summed E-state index contributed by atoms with van der Waals surface area (Å²) >= 11 is 0. The maximum Gasteiger partial charge on any atom is 0.229 e. The zero-order valence-electron chi connectivity index (χ0n) is 12.5. The Morgan fingerprint density at radius 1 is 1.33 bits per heavy atom. The van der Waals surface area contributed by atoms with Crippen LogP contribution in [-0.4, -0.2) is 32.3 Å². The first-order valence-electron chi connectivity index (χ1n) is 7.35. The molecule has 1 aliphatic rings. The van der Waals surface area contributed by atoms with Gasteiger partial charge in [-0.25, -0.2) is 0 Å². The van der Waals surface area contributed by atoms with E-state index in [2.05, 4.69) is 41.5 Å². The van der Waals surface area contributed by atoms with Gasteiger partial charge >= 0.3 is 0 Å². The second-order valence-electron chi connectivity index (χ2n) is 5.68. The Labute approximate surface area is 124 Å². The number of hydrogen-bond donors (Lipinski definition) is 0. The third kappa shape index (κ3) is 2.82. The first kappa shape index (κ1) is 13.8. The number of aromatic nitrogens is 3. The van der Waals surface area contributed by atoms with Crippen molar-refractivity contribution in [2.24, 2.45) is 7.05 Å². The molecule has 0 spiro atoms. The number of amides is 1. The van der Waals surface area contributed by atoms with Crippen LogP contribution in [0.5, 0.6) is 0 Å². The van der Waals surface area contributed by atoms with Gasteiger partial charge in [-0.15, -0.1) is 5.10 Å². The molecule has 2 heterocycles. The zero-order valence-corrected chi connectivity index (χ0v) is 12.5. The van der Waals surface area contributed by atoms with Crippen LogP contribution in [0.2, 0.25) is 0 Å². The van der Waals surface area contributed by atoms with E-state index in [0.29, 0.717) is 6.42 Å². The Hall–Kier alpha value is -2.17. The quantitative estimate of drug-likeness (QED) is 0.866. The number of carbonyl (C=O) groups excluding carboxylic acids is 1. The summed E-state index contributed by atoms with van der Waals surface area (Å²) in [5, 5.41) is 7.71. The normalized spacial score (nSPS) is 18.2. The molecule has 1 unspecified atom stereocenters. The predicted molar refractivity (Wildman–Crippen MR) is 79.6 cm³/mol. The van der Waals surface area contributed by atoms with Gasteiger partial charge in [0, 0.05) is 13.6 Å². The van der Waals surface area contributed by atoms with Crippen LogP contribution in [0.4, 0.5) is 0 Å². The molecule has 2 aromatic rings. The summed E-state index contributed by atoms with van der Waals surface area (Å²) < 4.78 is 1.66. The van der Waals surface area contributed by atoms with Crippen molar-refractivity contribution in [3.63, 3.8) is 0 Å². The average Bonchev–Trinajstić information content (AvgIpc) is 3.09. The van der Waals surface area contributed by atoms with E-state index in [9.17, 15) is 4.79 Å². The number of aryl methyl sites for hydroxylation is 2. The van der Waals surface area contributed by atoms with Gasteiger partial charge in [-0.1, -0.05) is 35.0 Å². The highest BCUT2D eigenvalue weighted by molar-refractivity contribution is 5.79. The van der Waals surface area contributed by atoms with E-state index >= 15 is 0 Å². The topological polar surface area (TPSA) is 51.0 Å². The first-order valence-corrected chi connectivity index (χ1v) is 7.35. The summed E-state index contributed by atoms with van der Waals surface area (Å²) in [6, 6.07) is 8.70. The van der Waals surface area contributed by atoms with E-state index in [1.165, 1.54) is 11.1 Å². The monoisotopic (exact) mass is 284 g/mol. The smallest absolute Gasteiger partial charge is 0.229 e. The van der Waals surface area contributed by atoms with Crippen molar-refractivity contribution in [3.8, 4) is 0 Å². The van der Waals surface area contributed by atoms with E-state index in [-0.39, 0.29) is 11.9 Å². The van der Waals surface area contributed by atoms with Crippen LogP contribution in [0, 0.1) is 6.92 Å². The third-order valence-electron chi connectivity index (χ3n) is 4.18. The fraction of sp³-hybridized carbons (Fsp3) is 0.438. The summed E-state index contributed by atoms with van der Waals surface area (Å²) in [5.41, 5.74) is 3.33. The van der Waals surface area contributed by atoms with Crippen LogP contribution in [-0.2, 0) is 18.3 Å². The Kier molecular flexibility index (Phi) is 3.73. The van der Waals surface area contributed by atoms with Crippen LogP contribution in [0.25, 0.3) is 0 Å². The number of benzene rings is 1. The standard InChI is InChI=1S/C16H20N4O/c1-12-5-7-13(8-6-12)15-4-3-9-20(15)16(21)10-14-11-17-18-19(14)2/h5-8,11,15H,3-4,9-10H2,1-2H3. The van der Waals surface area contributed by atoms with Crippen molar-refractivity contribution in [1.29, 1.82) is 0 Å². The molecule has 1 saturated heterocycles. The van der Waals surface area contributed by atoms with Gasteiger partial charge in [-0.05, 0) is 25.3 Å². The van der Waals surface area contributed by atoms with Gasteiger partial charge in [0.2, 0.25) is 5.91 Å². The van der Waals surface area contributed by atoms with Crippen LogP contribution in [0.15, 0.2) is 30.5 Å². The number of likely N-dealkylation sites (tertiary alicyclic amines) is 1. The highest BCUT2D eigenvalue weighted by Crippen LogP contribution is 2.32. The number of hydrogen-bond acceptors (Lipinski definition) is 3. The Morgan fingerprint density at radius 3 is 2.76 bits per heavy atom. The molecule has 0 N–H and O–H groups in total. The molecule has 1 amide bonds. The molecule has 1 atom stereocenters. The molecule has 5 nitrogen and oxygen atoms in total. The SMILES string of the molecule is Cc1ccc(C2CCCN2C(=O)Cc2cnnn2C)cc1. The Bertz CT molecular complexity index is 632. The van der Waals surface area contributed by atoms with Crippen molar-refractivity contribution in [1.82, 2.24) is 19.9 Å². The Balaban J connectivity index is 1.76. The number of carbonyl (C=O) groups is 1. The molecule has 110 valence electrons. The molecule has 5 heteroatoms. The van der Waals surface area contributed by atoms with E-state index in [1.54, 1.807) is 10.9 Å². The lowest BCUT2D eigenvalue weighted by atomic mass is 10.0. The summed E-state index contributed by atoms with van der Waals surface area (Å²) in [4.78, 5) is 14.6. The molecule has 0 radical (unpaired) electrons. The maximum atomic E-state index is 12.6. The fourth-order valence-corrected chi connectivity index (χ4v) is 2.93. The van der Waals surface area contributed by atoms with Crippen molar-refractivity contribution in [2.75, 3.05) is 6.54 Å².